The van der Waals surface area contributed by atoms with Gasteiger partial charge in [0.1, 0.15) is 11.1 Å². The maximum atomic E-state index is 11.4. The summed E-state index contributed by atoms with van der Waals surface area (Å²) in [4.78, 5) is 4.35. The van der Waals surface area contributed by atoms with Gasteiger partial charge in [-0.05, 0) is 19.8 Å². The molecule has 1 atom stereocenters. The van der Waals surface area contributed by atoms with E-state index in [0.29, 0.717) is 11.7 Å². The Hall–Kier alpha value is -0.910. The molecular formula is C11H19N3O2S. The number of H-pyrrole nitrogens is 1. The molecule has 1 N–H and O–H groups in total. The fraction of sp³-hybridized carbons (Fsp3) is 0.818. The van der Waals surface area contributed by atoms with Crippen LogP contribution in [0.15, 0.2) is 0 Å². The minimum absolute atomic E-state index is 0.396. The van der Waals surface area contributed by atoms with Crippen molar-refractivity contribution in [1.29, 1.82) is 0 Å². The number of nitrogens with one attached hydrogen (secondary N) is 1. The molecular weight excluding hydrogens is 238 g/mol. The van der Waals surface area contributed by atoms with Crippen LogP contribution in [0.25, 0.3) is 0 Å². The Kier molecular flexibility index (Phi) is 3.51. The maximum Gasteiger partial charge on any atom is 0.168 e. The Morgan fingerprint density at radius 1 is 1.29 bits per heavy atom. The molecule has 1 aliphatic carbocycles. The van der Waals surface area contributed by atoms with Crippen LogP contribution in [0.4, 0.5) is 0 Å². The molecule has 0 amide bonds. The number of nitrogens with zero attached hydrogens (tertiary/aromatic N) is 2. The third kappa shape index (κ3) is 2.86. The molecule has 1 unspecified atom stereocenters. The van der Waals surface area contributed by atoms with Crippen molar-refractivity contribution in [1.82, 2.24) is 15.2 Å². The SMILES string of the molecule is CC(c1n[nH]c(C2CCCCC2)n1)S(C)(=O)=O. The number of hydrogen-bond acceptors (Lipinski definition) is 4. The first-order valence-electron chi connectivity index (χ1n) is 6.09. The summed E-state index contributed by atoms with van der Waals surface area (Å²) < 4.78 is 22.8. The molecule has 96 valence electrons. The van der Waals surface area contributed by atoms with Gasteiger partial charge in [-0.3, -0.25) is 5.10 Å². The quantitative estimate of drug-likeness (QED) is 0.898. The first-order valence-corrected chi connectivity index (χ1v) is 8.05. The molecule has 0 spiro atoms. The largest absolute Gasteiger partial charge is 0.263 e. The monoisotopic (exact) mass is 257 g/mol. The Labute approximate surface area is 102 Å². The predicted octanol–water partition coefficient (Wildman–Crippen LogP) is 1.96. The second kappa shape index (κ2) is 4.76. The van der Waals surface area contributed by atoms with E-state index in [1.54, 1.807) is 6.92 Å². The van der Waals surface area contributed by atoms with Crippen molar-refractivity contribution in [3.8, 4) is 0 Å². The number of hydrogen-bond donors (Lipinski definition) is 1. The highest BCUT2D eigenvalue weighted by molar-refractivity contribution is 7.90. The van der Waals surface area contributed by atoms with Crippen molar-refractivity contribution in [3.05, 3.63) is 11.6 Å². The average molecular weight is 257 g/mol. The van der Waals surface area contributed by atoms with Gasteiger partial charge in [0.25, 0.3) is 0 Å². The maximum absolute atomic E-state index is 11.4. The van der Waals surface area contributed by atoms with E-state index in [0.717, 1.165) is 18.7 Å². The predicted molar refractivity (Wildman–Crippen MR) is 65.5 cm³/mol. The second-order valence-corrected chi connectivity index (χ2v) is 7.25. The van der Waals surface area contributed by atoms with Crippen LogP contribution in [-0.4, -0.2) is 29.9 Å². The first-order chi connectivity index (χ1) is 7.98. The number of aromatic nitrogens is 3. The molecule has 1 heterocycles. The molecule has 0 radical (unpaired) electrons. The third-order valence-electron chi connectivity index (χ3n) is 3.52. The highest BCUT2D eigenvalue weighted by atomic mass is 32.2. The highest BCUT2D eigenvalue weighted by Crippen LogP contribution is 2.31. The normalized spacial score (nSPS) is 20.4. The zero-order valence-corrected chi connectivity index (χ0v) is 11.1. The fourth-order valence-electron chi connectivity index (χ4n) is 2.22. The Morgan fingerprint density at radius 2 is 1.94 bits per heavy atom. The van der Waals surface area contributed by atoms with E-state index < -0.39 is 15.1 Å². The van der Waals surface area contributed by atoms with Crippen LogP contribution < -0.4 is 0 Å². The molecule has 0 saturated heterocycles. The van der Waals surface area contributed by atoms with Gasteiger partial charge in [-0.2, -0.15) is 5.10 Å². The van der Waals surface area contributed by atoms with Gasteiger partial charge in [-0.25, -0.2) is 13.4 Å². The van der Waals surface area contributed by atoms with Crippen molar-refractivity contribution in [2.45, 2.75) is 50.2 Å². The minimum Gasteiger partial charge on any atom is -0.263 e. The molecule has 1 fully saturated rings. The number of aromatic amines is 1. The van der Waals surface area contributed by atoms with E-state index in [9.17, 15) is 8.42 Å². The van der Waals surface area contributed by atoms with Gasteiger partial charge in [0.2, 0.25) is 0 Å². The van der Waals surface area contributed by atoms with E-state index in [1.807, 2.05) is 0 Å². The van der Waals surface area contributed by atoms with Gasteiger partial charge in [-0.1, -0.05) is 19.3 Å². The number of sulfone groups is 1. The van der Waals surface area contributed by atoms with Crippen LogP contribution in [-0.2, 0) is 9.84 Å². The van der Waals surface area contributed by atoms with Crippen molar-refractivity contribution < 1.29 is 8.42 Å². The van der Waals surface area contributed by atoms with Gasteiger partial charge >= 0.3 is 0 Å². The lowest BCUT2D eigenvalue weighted by molar-refractivity contribution is 0.429. The van der Waals surface area contributed by atoms with E-state index in [4.69, 9.17) is 0 Å². The van der Waals surface area contributed by atoms with Crippen LogP contribution in [0.5, 0.6) is 0 Å². The zero-order valence-electron chi connectivity index (χ0n) is 10.3. The van der Waals surface area contributed by atoms with Crippen molar-refractivity contribution in [2.24, 2.45) is 0 Å². The lowest BCUT2D eigenvalue weighted by Crippen LogP contribution is -2.10. The molecule has 0 aliphatic heterocycles. The van der Waals surface area contributed by atoms with E-state index in [-0.39, 0.29) is 0 Å². The van der Waals surface area contributed by atoms with Gasteiger partial charge in [0.05, 0.1) is 0 Å². The molecule has 0 aromatic carbocycles. The average Bonchev–Trinajstić information content (AvgIpc) is 2.77. The standard InChI is InChI=1S/C11H19N3O2S/c1-8(17(2,15)16)10-12-11(14-13-10)9-6-4-3-5-7-9/h8-9H,3-7H2,1-2H3,(H,12,13,14). The molecule has 17 heavy (non-hydrogen) atoms. The topological polar surface area (TPSA) is 75.7 Å². The molecule has 1 aromatic heterocycles. The Balaban J connectivity index is 2.15. The fourth-order valence-corrected chi connectivity index (χ4v) is 2.71. The molecule has 0 bridgehead atoms. The third-order valence-corrected chi connectivity index (χ3v) is 5.01. The van der Waals surface area contributed by atoms with Gasteiger partial charge in [-0.15, -0.1) is 0 Å². The molecule has 6 heteroatoms. The summed E-state index contributed by atoms with van der Waals surface area (Å²) in [6.07, 6.45) is 7.21. The highest BCUT2D eigenvalue weighted by Gasteiger charge is 2.24. The minimum atomic E-state index is -3.12. The lowest BCUT2D eigenvalue weighted by atomic mass is 9.89. The summed E-state index contributed by atoms with van der Waals surface area (Å²) in [5.41, 5.74) is 0. The second-order valence-electron chi connectivity index (χ2n) is 4.89. The van der Waals surface area contributed by atoms with Crippen LogP contribution in [0.1, 0.15) is 61.8 Å². The van der Waals surface area contributed by atoms with E-state index in [2.05, 4.69) is 15.2 Å². The van der Waals surface area contributed by atoms with Crippen LogP contribution in [0, 0.1) is 0 Å². The Morgan fingerprint density at radius 3 is 2.53 bits per heavy atom. The molecule has 1 aromatic rings. The number of rotatable bonds is 3. The van der Waals surface area contributed by atoms with Gasteiger partial charge < -0.3 is 0 Å². The summed E-state index contributed by atoms with van der Waals surface area (Å²) in [7, 11) is -3.12. The first kappa shape index (κ1) is 12.5. The van der Waals surface area contributed by atoms with Crippen molar-refractivity contribution >= 4 is 9.84 Å². The molecule has 1 aliphatic rings. The molecule has 5 nitrogen and oxygen atoms in total. The van der Waals surface area contributed by atoms with Crippen LogP contribution in [0.3, 0.4) is 0 Å². The summed E-state index contributed by atoms with van der Waals surface area (Å²) in [6.45, 7) is 1.63. The summed E-state index contributed by atoms with van der Waals surface area (Å²) >= 11 is 0. The summed E-state index contributed by atoms with van der Waals surface area (Å²) in [5, 5.41) is 6.32. The summed E-state index contributed by atoms with van der Waals surface area (Å²) in [5.74, 6) is 1.68. The Bertz CT molecular complexity index is 475. The van der Waals surface area contributed by atoms with Crippen molar-refractivity contribution in [2.75, 3.05) is 6.26 Å². The van der Waals surface area contributed by atoms with Gasteiger partial charge in [0, 0.05) is 12.2 Å². The van der Waals surface area contributed by atoms with Crippen molar-refractivity contribution in [3.63, 3.8) is 0 Å². The lowest BCUT2D eigenvalue weighted by Gasteiger charge is -2.18. The molecule has 1 saturated carbocycles. The van der Waals surface area contributed by atoms with Crippen LogP contribution in [0.2, 0.25) is 0 Å². The van der Waals surface area contributed by atoms with Crippen LogP contribution >= 0.6 is 0 Å². The smallest absolute Gasteiger partial charge is 0.168 e. The van der Waals surface area contributed by atoms with Gasteiger partial charge in [0.15, 0.2) is 15.7 Å². The summed E-state index contributed by atoms with van der Waals surface area (Å²) in [6, 6.07) is 0. The van der Waals surface area contributed by atoms with E-state index in [1.165, 1.54) is 25.5 Å². The van der Waals surface area contributed by atoms with E-state index >= 15 is 0 Å². The molecule has 2 rings (SSSR count). The zero-order chi connectivity index (χ0) is 12.5.